The van der Waals surface area contributed by atoms with Crippen LogP contribution in [0.1, 0.15) is 66.6 Å². The molecule has 1 atom stereocenters. The lowest BCUT2D eigenvalue weighted by Crippen LogP contribution is -2.03. The van der Waals surface area contributed by atoms with Crippen LogP contribution in [0.3, 0.4) is 0 Å². The van der Waals surface area contributed by atoms with Crippen molar-refractivity contribution >= 4 is 29.4 Å². The highest BCUT2D eigenvalue weighted by molar-refractivity contribution is 7.99. The largest absolute Gasteiger partial charge is 0.462 e. The lowest BCUT2D eigenvalue weighted by molar-refractivity contribution is 0.0526. The van der Waals surface area contributed by atoms with E-state index in [9.17, 15) is 4.79 Å². The molecule has 0 bridgehead atoms. The molecule has 1 aliphatic heterocycles. The van der Waals surface area contributed by atoms with Crippen LogP contribution >= 0.6 is 11.8 Å². The predicted octanol–water partition coefficient (Wildman–Crippen LogP) is 6.41. The molecule has 26 heavy (non-hydrogen) atoms. The van der Waals surface area contributed by atoms with E-state index in [1.54, 1.807) is 0 Å². The van der Waals surface area contributed by atoms with Crippen molar-refractivity contribution in [3.05, 3.63) is 64.7 Å². The molecule has 2 aromatic carbocycles. The third-order valence-electron chi connectivity index (χ3n) is 4.84. The molecule has 0 radical (unpaired) electrons. The standard InChI is InChI=1S/C23H26O2S/c1-4-25-23(24)19-9-7-18(8-10-19)14-17(3)20-11-12-22-21(15-20)16(2)6-5-13-26-22/h7-12,14-16H,4-6,13H2,1-3H3. The maximum absolute atomic E-state index is 11.8. The molecule has 0 N–H and O–H groups in total. The molecule has 0 saturated carbocycles. The second kappa shape index (κ2) is 8.59. The van der Waals surface area contributed by atoms with Crippen molar-refractivity contribution in [1.82, 2.24) is 0 Å². The van der Waals surface area contributed by atoms with Gasteiger partial charge in [0.25, 0.3) is 0 Å². The minimum absolute atomic E-state index is 0.267. The van der Waals surface area contributed by atoms with Crippen LogP contribution in [-0.2, 0) is 4.74 Å². The monoisotopic (exact) mass is 366 g/mol. The van der Waals surface area contributed by atoms with Crippen LogP contribution in [0.15, 0.2) is 47.4 Å². The summed E-state index contributed by atoms with van der Waals surface area (Å²) in [6, 6.07) is 14.5. The van der Waals surface area contributed by atoms with E-state index < -0.39 is 0 Å². The molecule has 0 aromatic heterocycles. The van der Waals surface area contributed by atoms with E-state index in [4.69, 9.17) is 4.74 Å². The average molecular weight is 367 g/mol. The van der Waals surface area contributed by atoms with E-state index >= 15 is 0 Å². The molecule has 136 valence electrons. The second-order valence-electron chi connectivity index (χ2n) is 6.81. The van der Waals surface area contributed by atoms with Gasteiger partial charge in [-0.15, -0.1) is 11.8 Å². The summed E-state index contributed by atoms with van der Waals surface area (Å²) in [7, 11) is 0. The molecule has 0 spiro atoms. The molecule has 1 unspecified atom stereocenters. The summed E-state index contributed by atoms with van der Waals surface area (Å²) >= 11 is 1.98. The van der Waals surface area contributed by atoms with Crippen molar-refractivity contribution in [2.24, 2.45) is 0 Å². The van der Waals surface area contributed by atoms with Crippen molar-refractivity contribution in [2.75, 3.05) is 12.4 Å². The molecule has 1 heterocycles. The molecule has 0 saturated heterocycles. The summed E-state index contributed by atoms with van der Waals surface area (Å²) in [4.78, 5) is 13.2. The van der Waals surface area contributed by atoms with E-state index in [2.05, 4.69) is 38.1 Å². The molecular weight excluding hydrogens is 340 g/mol. The Morgan fingerprint density at radius 2 is 1.92 bits per heavy atom. The van der Waals surface area contributed by atoms with Crippen LogP contribution in [0, 0.1) is 0 Å². The van der Waals surface area contributed by atoms with Gasteiger partial charge in [0.05, 0.1) is 12.2 Å². The zero-order valence-corrected chi connectivity index (χ0v) is 16.6. The molecular formula is C23H26O2S. The molecule has 0 amide bonds. The number of hydrogen-bond donors (Lipinski definition) is 0. The lowest BCUT2D eigenvalue weighted by Gasteiger charge is -2.14. The first-order valence-corrected chi connectivity index (χ1v) is 10.3. The highest BCUT2D eigenvalue weighted by atomic mass is 32.2. The maximum atomic E-state index is 11.8. The number of rotatable bonds is 4. The number of carbonyl (C=O) groups excluding carboxylic acids is 1. The SMILES string of the molecule is CCOC(=O)c1ccc(C=C(C)c2ccc3c(c2)C(C)CCCS3)cc1. The van der Waals surface area contributed by atoms with Gasteiger partial charge in [-0.05, 0) is 78.8 Å². The first-order valence-electron chi connectivity index (χ1n) is 9.31. The summed E-state index contributed by atoms with van der Waals surface area (Å²) in [5, 5.41) is 0. The number of hydrogen-bond acceptors (Lipinski definition) is 3. The first-order chi connectivity index (χ1) is 12.6. The second-order valence-corrected chi connectivity index (χ2v) is 7.95. The van der Waals surface area contributed by atoms with Gasteiger partial charge in [0, 0.05) is 4.90 Å². The van der Waals surface area contributed by atoms with Gasteiger partial charge >= 0.3 is 5.97 Å². The fourth-order valence-electron chi connectivity index (χ4n) is 3.30. The first kappa shape index (κ1) is 18.8. The number of benzene rings is 2. The molecule has 2 nitrogen and oxygen atoms in total. The average Bonchev–Trinajstić information content (AvgIpc) is 2.83. The van der Waals surface area contributed by atoms with E-state index in [1.165, 1.54) is 40.2 Å². The Morgan fingerprint density at radius 1 is 1.19 bits per heavy atom. The summed E-state index contributed by atoms with van der Waals surface area (Å²) < 4.78 is 5.03. The van der Waals surface area contributed by atoms with Gasteiger partial charge in [-0.25, -0.2) is 4.79 Å². The van der Waals surface area contributed by atoms with Crippen LogP contribution in [0.2, 0.25) is 0 Å². The Hall–Kier alpha value is -2.00. The third kappa shape index (κ3) is 4.39. The normalized spacial score (nSPS) is 17.3. The van der Waals surface area contributed by atoms with E-state index in [-0.39, 0.29) is 5.97 Å². The van der Waals surface area contributed by atoms with Gasteiger partial charge in [0.1, 0.15) is 0 Å². The van der Waals surface area contributed by atoms with Gasteiger partial charge in [-0.2, -0.15) is 0 Å². The number of ether oxygens (including phenoxy) is 1. The minimum Gasteiger partial charge on any atom is -0.462 e. The van der Waals surface area contributed by atoms with Crippen LogP contribution in [0.5, 0.6) is 0 Å². The fraction of sp³-hybridized carbons (Fsp3) is 0.348. The zero-order valence-electron chi connectivity index (χ0n) is 15.7. The fourth-order valence-corrected chi connectivity index (χ4v) is 4.42. The number of allylic oxidation sites excluding steroid dienone is 1. The summed E-state index contributed by atoms with van der Waals surface area (Å²) in [6.07, 6.45) is 4.73. The molecule has 3 heteroatoms. The Morgan fingerprint density at radius 3 is 2.65 bits per heavy atom. The number of esters is 1. The molecule has 3 rings (SSSR count). The van der Waals surface area contributed by atoms with Crippen molar-refractivity contribution in [1.29, 1.82) is 0 Å². The molecule has 1 aliphatic rings. The predicted molar refractivity (Wildman–Crippen MR) is 111 cm³/mol. The molecule has 0 aliphatic carbocycles. The molecule has 0 fully saturated rings. The Kier molecular flexibility index (Phi) is 6.20. The number of thioether (sulfide) groups is 1. The number of fused-ring (bicyclic) bond motifs is 1. The van der Waals surface area contributed by atoms with Crippen LogP contribution in [0.4, 0.5) is 0 Å². The Bertz CT molecular complexity index is 805. The minimum atomic E-state index is -0.267. The van der Waals surface area contributed by atoms with Crippen molar-refractivity contribution in [3.63, 3.8) is 0 Å². The zero-order chi connectivity index (χ0) is 18.5. The third-order valence-corrected chi connectivity index (χ3v) is 6.02. The van der Waals surface area contributed by atoms with Crippen molar-refractivity contribution in [2.45, 2.75) is 44.4 Å². The highest BCUT2D eigenvalue weighted by Gasteiger charge is 2.16. The molecule has 2 aromatic rings. The summed E-state index contributed by atoms with van der Waals surface area (Å²) in [5.74, 6) is 1.58. The summed E-state index contributed by atoms with van der Waals surface area (Å²) in [6.45, 7) is 6.70. The highest BCUT2D eigenvalue weighted by Crippen LogP contribution is 2.37. The van der Waals surface area contributed by atoms with Crippen LogP contribution in [-0.4, -0.2) is 18.3 Å². The van der Waals surface area contributed by atoms with Gasteiger partial charge in [-0.3, -0.25) is 0 Å². The van der Waals surface area contributed by atoms with Gasteiger partial charge in [0.15, 0.2) is 0 Å². The van der Waals surface area contributed by atoms with E-state index in [0.717, 1.165) is 5.56 Å². The van der Waals surface area contributed by atoms with Crippen LogP contribution in [0.25, 0.3) is 11.6 Å². The van der Waals surface area contributed by atoms with E-state index in [0.29, 0.717) is 18.1 Å². The van der Waals surface area contributed by atoms with Crippen molar-refractivity contribution < 1.29 is 9.53 Å². The van der Waals surface area contributed by atoms with Crippen molar-refractivity contribution in [3.8, 4) is 0 Å². The van der Waals surface area contributed by atoms with Crippen LogP contribution < -0.4 is 0 Å². The smallest absolute Gasteiger partial charge is 0.338 e. The number of carbonyl (C=O) groups is 1. The Balaban J connectivity index is 1.82. The van der Waals surface area contributed by atoms with Gasteiger partial charge in [-0.1, -0.05) is 37.3 Å². The van der Waals surface area contributed by atoms with E-state index in [1.807, 2.05) is 43.0 Å². The lowest BCUT2D eigenvalue weighted by atomic mass is 9.93. The maximum Gasteiger partial charge on any atom is 0.338 e. The Labute approximate surface area is 160 Å². The topological polar surface area (TPSA) is 26.3 Å². The van der Waals surface area contributed by atoms with Gasteiger partial charge < -0.3 is 4.74 Å². The quantitative estimate of drug-likeness (QED) is 0.462. The van der Waals surface area contributed by atoms with Gasteiger partial charge in [0.2, 0.25) is 0 Å². The summed E-state index contributed by atoms with van der Waals surface area (Å²) in [5.41, 5.74) is 5.67.